The molecule has 5 nitrogen and oxygen atoms in total. The fourth-order valence-electron chi connectivity index (χ4n) is 1.75. The molecular weight excluding hydrogens is 214 g/mol. The molecule has 2 aromatic heterocycles. The zero-order valence-electron chi connectivity index (χ0n) is 10.6. The smallest absolute Gasteiger partial charge is 0.0951 e. The Balaban J connectivity index is 1.99. The first-order valence-corrected chi connectivity index (χ1v) is 5.97. The third-order valence-electron chi connectivity index (χ3n) is 2.73. The third kappa shape index (κ3) is 2.67. The van der Waals surface area contributed by atoms with Crippen LogP contribution in [-0.4, -0.2) is 19.3 Å². The van der Waals surface area contributed by atoms with Crippen molar-refractivity contribution in [2.45, 2.75) is 39.9 Å². The minimum atomic E-state index is 0.438. The molecule has 92 valence electrons. The second-order valence-electron chi connectivity index (χ2n) is 4.32. The van der Waals surface area contributed by atoms with Crippen LogP contribution in [-0.2, 0) is 13.1 Å². The Hall–Kier alpha value is -1.78. The Morgan fingerprint density at radius 2 is 2.18 bits per heavy atom. The highest BCUT2D eigenvalue weighted by molar-refractivity contribution is 5.38. The highest BCUT2D eigenvalue weighted by atomic mass is 15.3. The summed E-state index contributed by atoms with van der Waals surface area (Å²) in [6, 6.07) is 0.438. The predicted molar refractivity (Wildman–Crippen MR) is 67.8 cm³/mol. The number of rotatable bonds is 5. The SMILES string of the molecule is CCn1cc(NCc2cncn2C(C)C)cn1. The van der Waals surface area contributed by atoms with Crippen LogP contribution in [0, 0.1) is 0 Å². The maximum atomic E-state index is 4.22. The fourth-order valence-corrected chi connectivity index (χ4v) is 1.75. The number of nitrogens with one attached hydrogen (secondary N) is 1. The first-order valence-electron chi connectivity index (χ1n) is 5.97. The summed E-state index contributed by atoms with van der Waals surface area (Å²) in [6.45, 7) is 8.05. The fraction of sp³-hybridized carbons (Fsp3) is 0.500. The molecule has 0 unspecified atom stereocenters. The van der Waals surface area contributed by atoms with E-state index in [-0.39, 0.29) is 0 Å². The van der Waals surface area contributed by atoms with Gasteiger partial charge in [0.2, 0.25) is 0 Å². The predicted octanol–water partition coefficient (Wildman–Crippen LogP) is 2.29. The number of aryl methyl sites for hydroxylation is 1. The summed E-state index contributed by atoms with van der Waals surface area (Å²) < 4.78 is 4.07. The van der Waals surface area contributed by atoms with Gasteiger partial charge in [0.25, 0.3) is 0 Å². The van der Waals surface area contributed by atoms with Crippen LogP contribution < -0.4 is 5.32 Å². The van der Waals surface area contributed by atoms with Gasteiger partial charge in [0.1, 0.15) is 0 Å². The molecule has 0 atom stereocenters. The van der Waals surface area contributed by atoms with E-state index in [2.05, 4.69) is 40.7 Å². The van der Waals surface area contributed by atoms with Crippen molar-refractivity contribution < 1.29 is 0 Å². The van der Waals surface area contributed by atoms with Crippen molar-refractivity contribution >= 4 is 5.69 Å². The van der Waals surface area contributed by atoms with E-state index in [1.807, 2.05) is 29.6 Å². The summed E-state index contributed by atoms with van der Waals surface area (Å²) in [6.07, 6.45) is 7.63. The first-order chi connectivity index (χ1) is 8.20. The molecule has 0 fully saturated rings. The van der Waals surface area contributed by atoms with Crippen LogP contribution in [0.3, 0.4) is 0 Å². The minimum absolute atomic E-state index is 0.438. The molecule has 0 amide bonds. The van der Waals surface area contributed by atoms with Gasteiger partial charge in [0.15, 0.2) is 0 Å². The molecule has 1 N–H and O–H groups in total. The maximum Gasteiger partial charge on any atom is 0.0951 e. The monoisotopic (exact) mass is 233 g/mol. The van der Waals surface area contributed by atoms with Crippen molar-refractivity contribution in [3.63, 3.8) is 0 Å². The zero-order chi connectivity index (χ0) is 12.3. The number of hydrogen-bond donors (Lipinski definition) is 1. The van der Waals surface area contributed by atoms with Gasteiger partial charge in [-0.1, -0.05) is 0 Å². The zero-order valence-corrected chi connectivity index (χ0v) is 10.6. The molecule has 2 aromatic rings. The molecule has 0 radical (unpaired) electrons. The summed E-state index contributed by atoms with van der Waals surface area (Å²) in [4.78, 5) is 4.18. The highest BCUT2D eigenvalue weighted by Crippen LogP contribution is 2.11. The molecule has 0 saturated carbocycles. The molecule has 0 saturated heterocycles. The number of nitrogens with zero attached hydrogens (tertiary/aromatic N) is 4. The molecule has 2 heterocycles. The largest absolute Gasteiger partial charge is 0.377 e. The van der Waals surface area contributed by atoms with E-state index >= 15 is 0 Å². The van der Waals surface area contributed by atoms with E-state index in [0.717, 1.165) is 18.8 Å². The lowest BCUT2D eigenvalue weighted by molar-refractivity contribution is 0.577. The summed E-state index contributed by atoms with van der Waals surface area (Å²) in [5, 5.41) is 7.58. The van der Waals surface area contributed by atoms with Gasteiger partial charge in [-0.2, -0.15) is 5.10 Å². The van der Waals surface area contributed by atoms with Gasteiger partial charge >= 0.3 is 0 Å². The first kappa shape index (κ1) is 11.7. The Morgan fingerprint density at radius 3 is 2.82 bits per heavy atom. The van der Waals surface area contributed by atoms with E-state index in [1.54, 1.807) is 0 Å². The lowest BCUT2D eigenvalue weighted by Gasteiger charge is -2.11. The van der Waals surface area contributed by atoms with Gasteiger partial charge in [-0.15, -0.1) is 0 Å². The van der Waals surface area contributed by atoms with Gasteiger partial charge in [0, 0.05) is 25.0 Å². The Kier molecular flexibility index (Phi) is 3.46. The van der Waals surface area contributed by atoms with Crippen molar-refractivity contribution in [2.75, 3.05) is 5.32 Å². The quantitative estimate of drug-likeness (QED) is 0.862. The van der Waals surface area contributed by atoms with E-state index in [1.165, 1.54) is 5.69 Å². The second-order valence-corrected chi connectivity index (χ2v) is 4.32. The maximum absolute atomic E-state index is 4.22. The Labute approximate surface area is 101 Å². The van der Waals surface area contributed by atoms with Crippen LogP contribution in [0.1, 0.15) is 32.5 Å². The van der Waals surface area contributed by atoms with Gasteiger partial charge in [-0.3, -0.25) is 4.68 Å². The van der Waals surface area contributed by atoms with Crippen molar-refractivity contribution in [1.29, 1.82) is 0 Å². The molecule has 0 bridgehead atoms. The molecule has 0 aliphatic heterocycles. The van der Waals surface area contributed by atoms with Crippen LogP contribution in [0.4, 0.5) is 5.69 Å². The average Bonchev–Trinajstić information content (AvgIpc) is 2.95. The van der Waals surface area contributed by atoms with E-state index < -0.39 is 0 Å². The van der Waals surface area contributed by atoms with Gasteiger partial charge in [0.05, 0.1) is 30.5 Å². The van der Waals surface area contributed by atoms with E-state index in [0.29, 0.717) is 6.04 Å². The van der Waals surface area contributed by atoms with Crippen LogP contribution >= 0.6 is 0 Å². The number of aromatic nitrogens is 4. The molecule has 0 aliphatic rings. The molecule has 0 aliphatic carbocycles. The van der Waals surface area contributed by atoms with E-state index in [4.69, 9.17) is 0 Å². The lowest BCUT2D eigenvalue weighted by atomic mass is 10.3. The van der Waals surface area contributed by atoms with Gasteiger partial charge in [-0.25, -0.2) is 4.98 Å². The van der Waals surface area contributed by atoms with Crippen LogP contribution in [0.5, 0.6) is 0 Å². The van der Waals surface area contributed by atoms with Crippen LogP contribution in [0.2, 0.25) is 0 Å². The number of hydrogen-bond acceptors (Lipinski definition) is 3. The lowest BCUT2D eigenvalue weighted by Crippen LogP contribution is -2.08. The van der Waals surface area contributed by atoms with Gasteiger partial charge in [-0.05, 0) is 20.8 Å². The Bertz CT molecular complexity index is 469. The molecule has 0 spiro atoms. The summed E-state index contributed by atoms with van der Waals surface area (Å²) >= 11 is 0. The molecular formula is C12H19N5. The molecule has 0 aromatic carbocycles. The normalized spacial score (nSPS) is 11.1. The van der Waals surface area contributed by atoms with Crippen LogP contribution in [0.25, 0.3) is 0 Å². The highest BCUT2D eigenvalue weighted by Gasteiger charge is 2.05. The van der Waals surface area contributed by atoms with E-state index in [9.17, 15) is 0 Å². The third-order valence-corrected chi connectivity index (χ3v) is 2.73. The van der Waals surface area contributed by atoms with Crippen molar-refractivity contribution in [3.05, 3.63) is 30.6 Å². The van der Waals surface area contributed by atoms with Gasteiger partial charge < -0.3 is 9.88 Å². The van der Waals surface area contributed by atoms with Crippen molar-refractivity contribution in [3.8, 4) is 0 Å². The topological polar surface area (TPSA) is 47.7 Å². The standard InChI is InChI=1S/C12H19N5/c1-4-16-8-11(5-15-16)14-7-12-6-13-9-17(12)10(2)3/h5-6,8-10,14H,4,7H2,1-3H3. The van der Waals surface area contributed by atoms with Crippen LogP contribution in [0.15, 0.2) is 24.9 Å². The second kappa shape index (κ2) is 5.03. The molecule has 17 heavy (non-hydrogen) atoms. The van der Waals surface area contributed by atoms with Crippen molar-refractivity contribution in [1.82, 2.24) is 19.3 Å². The average molecular weight is 233 g/mol. The summed E-state index contributed by atoms with van der Waals surface area (Å²) in [5.74, 6) is 0. The minimum Gasteiger partial charge on any atom is -0.377 e. The molecule has 5 heteroatoms. The molecule has 2 rings (SSSR count). The Morgan fingerprint density at radius 1 is 1.35 bits per heavy atom. The number of anilines is 1. The van der Waals surface area contributed by atoms with Crippen molar-refractivity contribution in [2.24, 2.45) is 0 Å². The number of imidazole rings is 1. The summed E-state index contributed by atoms with van der Waals surface area (Å²) in [7, 11) is 0. The summed E-state index contributed by atoms with van der Waals surface area (Å²) in [5.41, 5.74) is 2.23.